The van der Waals surface area contributed by atoms with Gasteiger partial charge in [0, 0.05) is 49.9 Å². The van der Waals surface area contributed by atoms with Crippen LogP contribution in [0, 0.1) is 0 Å². The van der Waals surface area contributed by atoms with Gasteiger partial charge in [-0.3, -0.25) is 19.5 Å². The van der Waals surface area contributed by atoms with Crippen molar-refractivity contribution in [3.05, 3.63) is 66.2 Å². The second kappa shape index (κ2) is 7.33. The number of nitrogens with zero attached hydrogens (tertiary/aromatic N) is 4. The molecule has 0 bridgehead atoms. The molecule has 0 aliphatic carbocycles. The molecule has 3 aromatic rings. The molecule has 2 aliphatic heterocycles. The minimum Gasteiger partial charge on any atom is -0.472 e. The van der Waals surface area contributed by atoms with Gasteiger partial charge in [0.15, 0.2) is 0 Å². The molecule has 2 aromatic heterocycles. The van der Waals surface area contributed by atoms with Crippen LogP contribution in [-0.4, -0.2) is 63.7 Å². The van der Waals surface area contributed by atoms with E-state index in [2.05, 4.69) is 22.0 Å². The summed E-state index contributed by atoms with van der Waals surface area (Å²) in [6.07, 6.45) is 5.09. The molecule has 1 aromatic carbocycles. The van der Waals surface area contributed by atoms with Crippen molar-refractivity contribution in [2.75, 3.05) is 26.2 Å². The number of rotatable bonds is 4. The molecule has 29 heavy (non-hydrogen) atoms. The number of carbonyl (C=O) groups is 2. The summed E-state index contributed by atoms with van der Waals surface area (Å²) < 4.78 is 5.09. The smallest absolute Gasteiger partial charge is 0.247 e. The number of para-hydroxylation sites is 1. The van der Waals surface area contributed by atoms with Crippen LogP contribution in [0.5, 0.6) is 0 Å². The molecule has 1 unspecified atom stereocenters. The van der Waals surface area contributed by atoms with E-state index in [1.165, 1.54) is 0 Å². The van der Waals surface area contributed by atoms with Crippen LogP contribution in [0.3, 0.4) is 0 Å². The lowest BCUT2D eigenvalue weighted by atomic mass is 10.1. The van der Waals surface area contributed by atoms with Crippen LogP contribution in [0.2, 0.25) is 0 Å². The molecule has 0 N–H and O–H groups in total. The van der Waals surface area contributed by atoms with Crippen LogP contribution < -0.4 is 0 Å². The van der Waals surface area contributed by atoms with E-state index < -0.39 is 6.04 Å². The molecule has 2 saturated heterocycles. The summed E-state index contributed by atoms with van der Waals surface area (Å²) in [6.45, 7) is 3.12. The van der Waals surface area contributed by atoms with Crippen molar-refractivity contribution >= 4 is 22.7 Å². The molecule has 5 rings (SSSR count). The van der Waals surface area contributed by atoms with Crippen molar-refractivity contribution in [1.29, 1.82) is 0 Å². The Morgan fingerprint density at radius 1 is 1.07 bits per heavy atom. The van der Waals surface area contributed by atoms with Crippen LogP contribution in [0.1, 0.15) is 11.1 Å². The van der Waals surface area contributed by atoms with Gasteiger partial charge in [0.05, 0.1) is 18.0 Å². The number of hydrogen-bond acceptors (Lipinski definition) is 5. The third kappa shape index (κ3) is 3.49. The van der Waals surface area contributed by atoms with Crippen molar-refractivity contribution < 1.29 is 14.0 Å². The van der Waals surface area contributed by atoms with Gasteiger partial charge in [0.1, 0.15) is 12.6 Å². The van der Waals surface area contributed by atoms with Crippen molar-refractivity contribution in [3.63, 3.8) is 0 Å². The van der Waals surface area contributed by atoms with E-state index in [0.717, 1.165) is 28.6 Å². The van der Waals surface area contributed by atoms with Crippen LogP contribution in [0.4, 0.5) is 0 Å². The monoisotopic (exact) mass is 390 g/mol. The first-order chi connectivity index (χ1) is 14.2. The van der Waals surface area contributed by atoms with Crippen molar-refractivity contribution in [1.82, 2.24) is 19.7 Å². The molecule has 2 fully saturated rings. The lowest BCUT2D eigenvalue weighted by Crippen LogP contribution is -2.66. The number of carbonyl (C=O) groups excluding carboxylic acids is 2. The SMILES string of the molecule is O=C1C2CN(Cc3cnc4ccccc4c3)CCN2C(=O)CN1Cc1ccoc1. The summed E-state index contributed by atoms with van der Waals surface area (Å²) in [6, 6.07) is 11.6. The Bertz CT molecular complexity index is 1050. The first-order valence-corrected chi connectivity index (χ1v) is 9.83. The van der Waals surface area contributed by atoms with Crippen molar-refractivity contribution in [2.45, 2.75) is 19.1 Å². The maximum absolute atomic E-state index is 13.1. The maximum Gasteiger partial charge on any atom is 0.247 e. The van der Waals surface area contributed by atoms with Gasteiger partial charge in [0.2, 0.25) is 11.8 Å². The van der Waals surface area contributed by atoms with E-state index in [4.69, 9.17) is 4.42 Å². The van der Waals surface area contributed by atoms with E-state index in [-0.39, 0.29) is 18.4 Å². The molecular weight excluding hydrogens is 368 g/mol. The highest BCUT2D eigenvalue weighted by molar-refractivity contribution is 5.95. The van der Waals surface area contributed by atoms with Gasteiger partial charge >= 0.3 is 0 Å². The largest absolute Gasteiger partial charge is 0.472 e. The second-order valence-electron chi connectivity index (χ2n) is 7.70. The molecule has 0 saturated carbocycles. The maximum atomic E-state index is 13.1. The Kier molecular flexibility index (Phi) is 4.52. The Morgan fingerprint density at radius 2 is 1.97 bits per heavy atom. The van der Waals surface area contributed by atoms with Crippen molar-refractivity contribution in [3.8, 4) is 0 Å². The van der Waals surface area contributed by atoms with Crippen LogP contribution in [-0.2, 0) is 22.7 Å². The van der Waals surface area contributed by atoms with Crippen LogP contribution in [0.25, 0.3) is 10.9 Å². The van der Waals surface area contributed by atoms with E-state index in [1.54, 1.807) is 22.3 Å². The summed E-state index contributed by atoms with van der Waals surface area (Å²) >= 11 is 0. The van der Waals surface area contributed by atoms with Gasteiger partial charge in [-0.25, -0.2) is 0 Å². The van der Waals surface area contributed by atoms with Gasteiger partial charge < -0.3 is 14.2 Å². The van der Waals surface area contributed by atoms with E-state index in [0.29, 0.717) is 26.2 Å². The average Bonchev–Trinajstić information content (AvgIpc) is 3.25. The fourth-order valence-electron chi connectivity index (χ4n) is 4.23. The lowest BCUT2D eigenvalue weighted by molar-refractivity contribution is -0.160. The fraction of sp³-hybridized carbons (Fsp3) is 0.318. The highest BCUT2D eigenvalue weighted by Crippen LogP contribution is 2.22. The van der Waals surface area contributed by atoms with Gasteiger partial charge in [-0.15, -0.1) is 0 Å². The summed E-state index contributed by atoms with van der Waals surface area (Å²) in [4.78, 5) is 35.8. The number of aromatic nitrogens is 1. The van der Waals surface area contributed by atoms with Gasteiger partial charge in [-0.2, -0.15) is 0 Å². The molecule has 1 atom stereocenters. The van der Waals surface area contributed by atoms with Gasteiger partial charge in [-0.1, -0.05) is 18.2 Å². The fourth-order valence-corrected chi connectivity index (χ4v) is 4.23. The number of piperazine rings is 2. The van der Waals surface area contributed by atoms with E-state index in [9.17, 15) is 9.59 Å². The lowest BCUT2D eigenvalue weighted by Gasteiger charge is -2.46. The average molecular weight is 390 g/mol. The number of benzene rings is 1. The number of amides is 2. The molecular formula is C22H22N4O3. The summed E-state index contributed by atoms with van der Waals surface area (Å²) in [5.74, 6) is 0.0252. The number of furan rings is 1. The predicted octanol–water partition coefficient (Wildman–Crippen LogP) is 1.88. The van der Waals surface area contributed by atoms with Crippen LogP contribution in [0.15, 0.2) is 59.5 Å². The third-order valence-corrected chi connectivity index (χ3v) is 5.71. The first kappa shape index (κ1) is 17.9. The quantitative estimate of drug-likeness (QED) is 0.680. The topological polar surface area (TPSA) is 69.9 Å². The number of fused-ring (bicyclic) bond motifs is 2. The van der Waals surface area contributed by atoms with Crippen LogP contribution >= 0.6 is 0 Å². The van der Waals surface area contributed by atoms with Gasteiger partial charge in [0.25, 0.3) is 0 Å². The molecule has 2 amide bonds. The molecule has 4 heterocycles. The summed E-state index contributed by atoms with van der Waals surface area (Å²) in [5.41, 5.74) is 2.99. The molecule has 0 radical (unpaired) electrons. The first-order valence-electron chi connectivity index (χ1n) is 9.83. The Morgan fingerprint density at radius 3 is 2.83 bits per heavy atom. The Balaban J connectivity index is 1.30. The predicted molar refractivity (Wildman–Crippen MR) is 107 cm³/mol. The Labute approximate surface area is 168 Å². The minimum absolute atomic E-state index is 0.00661. The summed E-state index contributed by atoms with van der Waals surface area (Å²) in [5, 5.41) is 1.11. The Hall–Kier alpha value is -3.19. The van der Waals surface area contributed by atoms with Crippen molar-refractivity contribution in [2.24, 2.45) is 0 Å². The van der Waals surface area contributed by atoms with Gasteiger partial charge in [-0.05, 0) is 23.8 Å². The second-order valence-corrected chi connectivity index (χ2v) is 7.70. The normalized spacial score (nSPS) is 20.3. The molecule has 0 spiro atoms. The zero-order chi connectivity index (χ0) is 19.8. The molecule has 7 heteroatoms. The molecule has 148 valence electrons. The molecule has 7 nitrogen and oxygen atoms in total. The zero-order valence-electron chi connectivity index (χ0n) is 16.0. The molecule has 2 aliphatic rings. The highest BCUT2D eigenvalue weighted by atomic mass is 16.3. The minimum atomic E-state index is -0.426. The number of hydrogen-bond donors (Lipinski definition) is 0. The standard InChI is InChI=1S/C22H22N4O3/c27-21-14-25(12-16-5-8-29-15-16)22(28)20-13-24(6-7-26(20)21)11-17-9-18-3-1-2-4-19(18)23-10-17/h1-5,8-10,15,20H,6-7,11-14H2. The number of pyridine rings is 1. The van der Waals surface area contributed by atoms with E-state index >= 15 is 0 Å². The summed E-state index contributed by atoms with van der Waals surface area (Å²) in [7, 11) is 0. The highest BCUT2D eigenvalue weighted by Gasteiger charge is 2.42. The zero-order valence-corrected chi connectivity index (χ0v) is 16.0. The third-order valence-electron chi connectivity index (χ3n) is 5.71. The van der Waals surface area contributed by atoms with E-state index in [1.807, 2.05) is 30.5 Å².